The highest BCUT2D eigenvalue weighted by Crippen LogP contribution is 2.19. The lowest BCUT2D eigenvalue weighted by Gasteiger charge is -2.37. The van der Waals surface area contributed by atoms with E-state index in [0.717, 1.165) is 12.1 Å². The Kier molecular flexibility index (Phi) is 5.26. The Hall–Kier alpha value is -2.04. The van der Waals surface area contributed by atoms with E-state index in [1.165, 1.54) is 21.3 Å². The predicted octanol–water partition coefficient (Wildman–Crippen LogP) is 0.0723. The van der Waals surface area contributed by atoms with E-state index in [4.69, 9.17) is 0 Å². The van der Waals surface area contributed by atoms with Gasteiger partial charge >= 0.3 is 6.03 Å². The Balaban J connectivity index is 1.62. The molecule has 2 aliphatic rings. The molecule has 2 aliphatic heterocycles. The average Bonchev–Trinajstić information content (AvgIpc) is 3.07. The third-order valence-corrected chi connectivity index (χ3v) is 6.67. The van der Waals surface area contributed by atoms with Crippen molar-refractivity contribution < 1.29 is 22.4 Å². The molecule has 2 saturated heterocycles. The summed E-state index contributed by atoms with van der Waals surface area (Å²) in [6.07, 6.45) is 0. The molecule has 0 saturated carbocycles. The summed E-state index contributed by atoms with van der Waals surface area (Å²) in [5.74, 6) is -0.776. The van der Waals surface area contributed by atoms with Gasteiger partial charge < -0.3 is 5.32 Å². The predicted molar refractivity (Wildman–Crippen MR) is 91.3 cm³/mol. The summed E-state index contributed by atoms with van der Waals surface area (Å²) in [4.78, 5) is 27.2. The van der Waals surface area contributed by atoms with Gasteiger partial charge in [-0.15, -0.1) is 0 Å². The van der Waals surface area contributed by atoms with Gasteiger partial charge in [-0.2, -0.15) is 4.31 Å². The number of hydrogen-bond donors (Lipinski definition) is 1. The molecule has 2 fully saturated rings. The number of hydrogen-bond acceptors (Lipinski definition) is 5. The van der Waals surface area contributed by atoms with E-state index in [1.807, 2.05) is 4.90 Å². The quantitative estimate of drug-likeness (QED) is 0.794. The molecule has 1 atom stereocenters. The minimum atomic E-state index is -3.69. The van der Waals surface area contributed by atoms with Crippen LogP contribution < -0.4 is 5.32 Å². The lowest BCUT2D eigenvalue weighted by molar-refractivity contribution is -0.133. The number of carbonyl (C=O) groups is 2. The molecule has 0 aromatic heterocycles. The molecule has 142 valence electrons. The zero-order chi connectivity index (χ0) is 18.9. The maximum atomic E-state index is 13.0. The molecule has 10 heteroatoms. The highest BCUT2D eigenvalue weighted by molar-refractivity contribution is 7.89. The second-order valence-corrected chi connectivity index (χ2v) is 8.23. The van der Waals surface area contributed by atoms with E-state index >= 15 is 0 Å². The minimum absolute atomic E-state index is 0.0465. The van der Waals surface area contributed by atoms with Crippen molar-refractivity contribution in [3.63, 3.8) is 0 Å². The van der Waals surface area contributed by atoms with Gasteiger partial charge in [0.2, 0.25) is 15.9 Å². The fourth-order valence-electron chi connectivity index (χ4n) is 3.15. The Morgan fingerprint density at radius 1 is 1.12 bits per heavy atom. The number of rotatable bonds is 4. The minimum Gasteiger partial charge on any atom is -0.336 e. The van der Waals surface area contributed by atoms with E-state index in [9.17, 15) is 22.4 Å². The van der Waals surface area contributed by atoms with Crippen LogP contribution in [0.1, 0.15) is 6.92 Å². The number of halogens is 1. The van der Waals surface area contributed by atoms with E-state index in [-0.39, 0.29) is 29.9 Å². The molecule has 0 spiro atoms. The van der Waals surface area contributed by atoms with Crippen LogP contribution >= 0.6 is 0 Å². The number of nitrogens with one attached hydrogen (secondary N) is 1. The van der Waals surface area contributed by atoms with Gasteiger partial charge in [-0.1, -0.05) is 0 Å². The first-order valence-corrected chi connectivity index (χ1v) is 9.83. The summed E-state index contributed by atoms with van der Waals surface area (Å²) >= 11 is 0. The van der Waals surface area contributed by atoms with Gasteiger partial charge in [0.15, 0.2) is 0 Å². The van der Waals surface area contributed by atoms with E-state index < -0.39 is 21.9 Å². The highest BCUT2D eigenvalue weighted by Gasteiger charge is 2.35. The highest BCUT2D eigenvalue weighted by atomic mass is 32.2. The summed E-state index contributed by atoms with van der Waals surface area (Å²) in [7, 11) is -3.69. The monoisotopic (exact) mass is 384 g/mol. The molecule has 3 amide bonds. The van der Waals surface area contributed by atoms with Crippen molar-refractivity contribution >= 4 is 22.0 Å². The van der Waals surface area contributed by atoms with Gasteiger partial charge in [0.25, 0.3) is 0 Å². The molecular formula is C16H21FN4O4S. The lowest BCUT2D eigenvalue weighted by atomic mass is 10.2. The van der Waals surface area contributed by atoms with Crippen LogP contribution in [-0.2, 0) is 14.8 Å². The normalized spacial score (nSPS) is 20.8. The molecule has 1 aromatic carbocycles. The molecule has 0 bridgehead atoms. The molecule has 0 radical (unpaired) electrons. The van der Waals surface area contributed by atoms with Crippen LogP contribution in [-0.4, -0.2) is 79.8 Å². The van der Waals surface area contributed by atoms with Gasteiger partial charge in [-0.05, 0) is 31.2 Å². The second kappa shape index (κ2) is 7.29. The summed E-state index contributed by atoms with van der Waals surface area (Å²) in [6.45, 7) is 3.72. The Bertz CT molecular complexity index is 791. The van der Waals surface area contributed by atoms with Crippen molar-refractivity contribution in [1.29, 1.82) is 0 Å². The largest absolute Gasteiger partial charge is 0.336 e. The molecule has 0 unspecified atom stereocenters. The Morgan fingerprint density at radius 3 is 2.27 bits per heavy atom. The van der Waals surface area contributed by atoms with Crippen molar-refractivity contribution in [2.24, 2.45) is 0 Å². The topological polar surface area (TPSA) is 90.0 Å². The molecular weight excluding hydrogens is 363 g/mol. The second-order valence-electron chi connectivity index (χ2n) is 6.29. The van der Waals surface area contributed by atoms with Crippen LogP contribution in [0.15, 0.2) is 29.2 Å². The van der Waals surface area contributed by atoms with Crippen LogP contribution in [0.3, 0.4) is 0 Å². The standard InChI is InChI=1S/C16H21FN4O4S/c1-12(15(22)21-7-6-18-16(21)23)19-8-10-20(11-9-19)26(24,25)14-4-2-13(17)3-5-14/h2-5,12H,6-11H2,1H3,(H,18,23)/t12-/m1/s1. The number of piperazine rings is 1. The first-order valence-electron chi connectivity index (χ1n) is 8.39. The van der Waals surface area contributed by atoms with Crippen molar-refractivity contribution in [3.05, 3.63) is 30.1 Å². The van der Waals surface area contributed by atoms with Gasteiger partial charge in [0, 0.05) is 39.3 Å². The number of nitrogens with zero attached hydrogens (tertiary/aromatic N) is 3. The van der Waals surface area contributed by atoms with Gasteiger partial charge in [-0.3, -0.25) is 14.6 Å². The number of carbonyl (C=O) groups excluding carboxylic acids is 2. The summed E-state index contributed by atoms with van der Waals surface area (Å²) < 4.78 is 39.6. The van der Waals surface area contributed by atoms with E-state index in [2.05, 4.69) is 5.32 Å². The molecule has 3 rings (SSSR count). The zero-order valence-corrected chi connectivity index (χ0v) is 15.2. The Morgan fingerprint density at radius 2 is 1.73 bits per heavy atom. The smallest absolute Gasteiger partial charge is 0.324 e. The number of benzene rings is 1. The van der Waals surface area contributed by atoms with Crippen LogP contribution in [0.2, 0.25) is 0 Å². The van der Waals surface area contributed by atoms with Crippen molar-refractivity contribution in [1.82, 2.24) is 19.4 Å². The molecule has 8 nitrogen and oxygen atoms in total. The van der Waals surface area contributed by atoms with Gasteiger partial charge in [0.05, 0.1) is 10.9 Å². The molecule has 1 aromatic rings. The van der Waals surface area contributed by atoms with E-state index in [1.54, 1.807) is 6.92 Å². The number of sulfonamides is 1. The SMILES string of the molecule is C[C@H](C(=O)N1CCNC1=O)N1CCN(S(=O)(=O)c2ccc(F)cc2)CC1. The summed E-state index contributed by atoms with van der Waals surface area (Å²) in [5, 5.41) is 2.59. The number of amides is 3. The third-order valence-electron chi connectivity index (χ3n) is 4.75. The zero-order valence-electron chi connectivity index (χ0n) is 14.4. The first kappa shape index (κ1) is 18.7. The van der Waals surface area contributed by atoms with Crippen LogP contribution in [0.5, 0.6) is 0 Å². The molecule has 0 aliphatic carbocycles. The molecule has 2 heterocycles. The Labute approximate surface area is 151 Å². The molecule has 1 N–H and O–H groups in total. The number of imide groups is 1. The van der Waals surface area contributed by atoms with Crippen molar-refractivity contribution in [3.8, 4) is 0 Å². The molecule has 26 heavy (non-hydrogen) atoms. The lowest BCUT2D eigenvalue weighted by Crippen LogP contribution is -2.55. The van der Waals surface area contributed by atoms with E-state index in [0.29, 0.717) is 26.2 Å². The first-order chi connectivity index (χ1) is 12.3. The van der Waals surface area contributed by atoms with Crippen LogP contribution in [0, 0.1) is 5.82 Å². The summed E-state index contributed by atoms with van der Waals surface area (Å²) in [6, 6.07) is 3.83. The van der Waals surface area contributed by atoms with Crippen LogP contribution in [0.25, 0.3) is 0 Å². The fraction of sp³-hybridized carbons (Fsp3) is 0.500. The number of urea groups is 1. The van der Waals surface area contributed by atoms with Gasteiger partial charge in [-0.25, -0.2) is 17.6 Å². The maximum absolute atomic E-state index is 13.0. The maximum Gasteiger partial charge on any atom is 0.324 e. The van der Waals surface area contributed by atoms with Crippen molar-refractivity contribution in [2.45, 2.75) is 17.9 Å². The van der Waals surface area contributed by atoms with Gasteiger partial charge in [0.1, 0.15) is 5.82 Å². The van der Waals surface area contributed by atoms with Crippen LogP contribution in [0.4, 0.5) is 9.18 Å². The van der Waals surface area contributed by atoms with Crippen molar-refractivity contribution in [2.75, 3.05) is 39.3 Å². The summed E-state index contributed by atoms with van der Waals surface area (Å²) in [5.41, 5.74) is 0. The fourth-order valence-corrected chi connectivity index (χ4v) is 4.57. The third kappa shape index (κ3) is 3.57. The average molecular weight is 384 g/mol.